The van der Waals surface area contributed by atoms with Crippen molar-refractivity contribution in [2.75, 3.05) is 0 Å². The van der Waals surface area contributed by atoms with Crippen molar-refractivity contribution in [2.24, 2.45) is 0 Å². The van der Waals surface area contributed by atoms with Crippen LogP contribution in [0.2, 0.25) is 5.15 Å². The topological polar surface area (TPSA) is 97.1 Å². The van der Waals surface area contributed by atoms with E-state index in [9.17, 15) is 15.4 Å². The van der Waals surface area contributed by atoms with Crippen LogP contribution < -0.4 is 0 Å². The van der Waals surface area contributed by atoms with Crippen LogP contribution in [-0.2, 0) is 5.41 Å². The molecule has 8 heteroatoms. The molecule has 0 spiro atoms. The van der Waals surface area contributed by atoms with Crippen molar-refractivity contribution in [3.05, 3.63) is 56.5 Å². The second-order valence-electron chi connectivity index (χ2n) is 7.00. The van der Waals surface area contributed by atoms with Crippen LogP contribution in [0, 0.1) is 28.4 Å². The first-order valence-corrected chi connectivity index (χ1v) is 8.27. The lowest BCUT2D eigenvalue weighted by atomic mass is 9.96. The van der Waals surface area contributed by atoms with Gasteiger partial charge in [0.2, 0.25) is 0 Å². The molecule has 1 aromatic carbocycles. The van der Waals surface area contributed by atoms with Crippen molar-refractivity contribution in [3.63, 3.8) is 0 Å². The number of aromatic nitrogens is 3. The molecule has 3 rings (SSSR count). The van der Waals surface area contributed by atoms with Crippen LogP contribution in [0.25, 0.3) is 16.8 Å². The van der Waals surface area contributed by atoms with Crippen molar-refractivity contribution in [1.29, 1.82) is 5.26 Å². The summed E-state index contributed by atoms with van der Waals surface area (Å²) in [6, 6.07) is 8.22. The lowest BCUT2D eigenvalue weighted by molar-refractivity contribution is -0.384. The van der Waals surface area contributed by atoms with Crippen LogP contribution in [0.3, 0.4) is 0 Å². The Morgan fingerprint density at radius 2 is 1.88 bits per heavy atom. The average molecular weight is 370 g/mol. The maximum Gasteiger partial charge on any atom is 0.269 e. The van der Waals surface area contributed by atoms with E-state index in [-0.39, 0.29) is 11.1 Å². The van der Waals surface area contributed by atoms with E-state index < -0.39 is 4.92 Å². The van der Waals surface area contributed by atoms with E-state index >= 15 is 0 Å². The molecule has 3 aromatic rings. The number of nitro benzene ring substituents is 1. The summed E-state index contributed by atoms with van der Waals surface area (Å²) in [4.78, 5) is 14.9. The number of hydrogen-bond donors (Lipinski definition) is 0. The number of nitro groups is 1. The quantitative estimate of drug-likeness (QED) is 0.378. The number of rotatable bonds is 2. The third-order valence-corrected chi connectivity index (χ3v) is 4.47. The van der Waals surface area contributed by atoms with E-state index in [2.05, 4.69) is 16.2 Å². The SMILES string of the molecule is Cc1c(-c2ccc([N+](=O)[O-])cc2)c(Cl)n2nc(C(C)(C)C)nc2c1C#N. The van der Waals surface area contributed by atoms with Gasteiger partial charge in [-0.2, -0.15) is 5.26 Å². The highest BCUT2D eigenvalue weighted by molar-refractivity contribution is 6.32. The minimum absolute atomic E-state index is 0.0140. The second-order valence-corrected chi connectivity index (χ2v) is 7.36. The fourth-order valence-electron chi connectivity index (χ4n) is 2.70. The van der Waals surface area contributed by atoms with Crippen molar-refractivity contribution >= 4 is 22.9 Å². The van der Waals surface area contributed by atoms with E-state index in [0.29, 0.717) is 38.9 Å². The van der Waals surface area contributed by atoms with Gasteiger partial charge in [-0.3, -0.25) is 10.1 Å². The fraction of sp³-hybridized carbons (Fsp3) is 0.278. The van der Waals surface area contributed by atoms with E-state index in [1.165, 1.54) is 16.6 Å². The molecule has 0 N–H and O–H groups in total. The van der Waals surface area contributed by atoms with E-state index in [4.69, 9.17) is 11.6 Å². The Labute approximate surface area is 155 Å². The van der Waals surface area contributed by atoms with Crippen molar-refractivity contribution in [2.45, 2.75) is 33.1 Å². The molecule has 0 radical (unpaired) electrons. The Morgan fingerprint density at radius 1 is 1.27 bits per heavy atom. The van der Waals surface area contributed by atoms with E-state index in [0.717, 1.165) is 0 Å². The number of nitriles is 1. The molecule has 0 atom stereocenters. The third kappa shape index (κ3) is 2.78. The van der Waals surface area contributed by atoms with Gasteiger partial charge in [-0.1, -0.05) is 32.4 Å². The first-order valence-electron chi connectivity index (χ1n) is 7.89. The number of pyridine rings is 1. The molecule has 2 heterocycles. The average Bonchev–Trinajstić information content (AvgIpc) is 3.01. The van der Waals surface area contributed by atoms with Gasteiger partial charge in [0.15, 0.2) is 11.5 Å². The molecule has 0 aliphatic heterocycles. The van der Waals surface area contributed by atoms with Gasteiger partial charge in [0.05, 0.1) is 4.92 Å². The monoisotopic (exact) mass is 369 g/mol. The molecule has 0 saturated heterocycles. The van der Waals surface area contributed by atoms with Gasteiger partial charge in [0, 0.05) is 23.1 Å². The highest BCUT2D eigenvalue weighted by Crippen LogP contribution is 2.36. The summed E-state index contributed by atoms with van der Waals surface area (Å²) in [6.45, 7) is 7.72. The largest absolute Gasteiger partial charge is 0.269 e. The Morgan fingerprint density at radius 3 is 2.38 bits per heavy atom. The Bertz CT molecular complexity index is 1070. The highest BCUT2D eigenvalue weighted by Gasteiger charge is 2.25. The fourth-order valence-corrected chi connectivity index (χ4v) is 3.07. The molecular weight excluding hydrogens is 354 g/mol. The smallest absolute Gasteiger partial charge is 0.258 e. The van der Waals surface area contributed by atoms with Crippen LogP contribution in [0.15, 0.2) is 24.3 Å². The predicted molar refractivity (Wildman–Crippen MR) is 98.2 cm³/mol. The number of nitrogens with zero attached hydrogens (tertiary/aromatic N) is 5. The van der Waals surface area contributed by atoms with Gasteiger partial charge in [-0.15, -0.1) is 5.10 Å². The van der Waals surface area contributed by atoms with Gasteiger partial charge >= 0.3 is 0 Å². The first-order chi connectivity index (χ1) is 12.1. The van der Waals surface area contributed by atoms with E-state index in [1.54, 1.807) is 19.1 Å². The Kier molecular flexibility index (Phi) is 4.17. The Hall–Kier alpha value is -2.98. The summed E-state index contributed by atoms with van der Waals surface area (Å²) in [5.74, 6) is 0.580. The normalized spacial score (nSPS) is 11.5. The molecule has 132 valence electrons. The molecule has 0 unspecified atom stereocenters. The van der Waals surface area contributed by atoms with Crippen LogP contribution in [0.1, 0.15) is 37.7 Å². The van der Waals surface area contributed by atoms with Crippen molar-refractivity contribution in [3.8, 4) is 17.2 Å². The zero-order valence-electron chi connectivity index (χ0n) is 14.7. The summed E-state index contributed by atoms with van der Waals surface area (Å²) < 4.78 is 1.46. The van der Waals surface area contributed by atoms with Crippen molar-refractivity contribution in [1.82, 2.24) is 14.6 Å². The molecule has 0 bridgehead atoms. The molecule has 0 aliphatic carbocycles. The summed E-state index contributed by atoms with van der Waals surface area (Å²) in [5.41, 5.74) is 2.41. The van der Waals surface area contributed by atoms with Gasteiger partial charge in [0.25, 0.3) is 5.69 Å². The number of fused-ring (bicyclic) bond motifs is 1. The van der Waals surface area contributed by atoms with Crippen molar-refractivity contribution < 1.29 is 4.92 Å². The minimum atomic E-state index is -0.463. The lowest BCUT2D eigenvalue weighted by Crippen LogP contribution is -2.13. The maximum atomic E-state index is 10.9. The molecule has 0 fully saturated rings. The van der Waals surface area contributed by atoms with Crippen LogP contribution in [-0.4, -0.2) is 19.5 Å². The van der Waals surface area contributed by atoms with Gasteiger partial charge < -0.3 is 0 Å². The summed E-state index contributed by atoms with van der Waals surface area (Å²) in [6.07, 6.45) is 0. The molecule has 0 saturated carbocycles. The highest BCUT2D eigenvalue weighted by atomic mass is 35.5. The molecule has 26 heavy (non-hydrogen) atoms. The predicted octanol–water partition coefficient (Wildman–Crippen LogP) is 4.44. The van der Waals surface area contributed by atoms with Crippen LogP contribution in [0.5, 0.6) is 0 Å². The number of benzene rings is 1. The standard InChI is InChI=1S/C18H16ClN5O2/c1-10-13(9-20)16-21-17(18(2,3)4)22-23(16)15(19)14(10)11-5-7-12(8-6-11)24(25)26/h5-8H,1-4H3. The number of hydrogen-bond acceptors (Lipinski definition) is 5. The Balaban J connectivity index is 2.33. The summed E-state index contributed by atoms with van der Waals surface area (Å²) >= 11 is 6.59. The zero-order valence-corrected chi connectivity index (χ0v) is 15.5. The first kappa shape index (κ1) is 17.8. The minimum Gasteiger partial charge on any atom is -0.258 e. The van der Waals surface area contributed by atoms with Gasteiger partial charge in [-0.05, 0) is 30.2 Å². The van der Waals surface area contributed by atoms with E-state index in [1.807, 2.05) is 20.8 Å². The molecule has 0 amide bonds. The van der Waals surface area contributed by atoms with Crippen LogP contribution in [0.4, 0.5) is 5.69 Å². The molecule has 0 aliphatic rings. The second kappa shape index (κ2) is 6.07. The van der Waals surface area contributed by atoms with Gasteiger partial charge in [-0.25, -0.2) is 9.50 Å². The zero-order chi connectivity index (χ0) is 19.2. The summed E-state index contributed by atoms with van der Waals surface area (Å²) in [7, 11) is 0. The van der Waals surface area contributed by atoms with Crippen LogP contribution >= 0.6 is 11.6 Å². The molecule has 2 aromatic heterocycles. The maximum absolute atomic E-state index is 10.9. The summed E-state index contributed by atoms with van der Waals surface area (Å²) in [5, 5.41) is 25.3. The molecule has 7 nitrogen and oxygen atoms in total. The molecular formula is C18H16ClN5O2. The lowest BCUT2D eigenvalue weighted by Gasteiger charge is -2.12. The number of non-ortho nitro benzene ring substituents is 1. The number of halogens is 1. The third-order valence-electron chi connectivity index (χ3n) is 4.12. The van der Waals surface area contributed by atoms with Gasteiger partial charge in [0.1, 0.15) is 16.8 Å².